The number of halogens is 6. The number of fused-ring (bicyclic) bond motifs is 4. The number of allylic oxidation sites excluding steroid dienone is 6. The smallest absolute Gasteiger partial charge is 0.226 e. The van der Waals surface area contributed by atoms with Crippen molar-refractivity contribution >= 4 is 22.3 Å². The van der Waals surface area contributed by atoms with Gasteiger partial charge in [-0.25, -0.2) is 20.2 Å². The second kappa shape index (κ2) is 11.2. The van der Waals surface area contributed by atoms with Gasteiger partial charge in [0.1, 0.15) is 0 Å². The highest BCUT2D eigenvalue weighted by Gasteiger charge is 2.44. The van der Waals surface area contributed by atoms with Crippen LogP contribution >= 0.6 is 0 Å². The molecule has 4 nitrogen and oxygen atoms in total. The first-order valence-electron chi connectivity index (χ1n) is 14.2. The van der Waals surface area contributed by atoms with E-state index in [1.54, 1.807) is 6.07 Å². The molecule has 0 fully saturated rings. The van der Waals surface area contributed by atoms with E-state index in [4.69, 9.17) is 13.1 Å². The van der Waals surface area contributed by atoms with E-state index in [-0.39, 0.29) is 39.2 Å². The average molecular weight is 645 g/mol. The molecule has 0 spiro atoms. The van der Waals surface area contributed by atoms with Crippen LogP contribution < -0.4 is 0 Å². The molecule has 0 atom stereocenters. The number of alkyl halides is 6. The van der Waals surface area contributed by atoms with Gasteiger partial charge in [0, 0.05) is 11.1 Å². The maximum Gasteiger partial charge on any atom is 0.417 e. The Morgan fingerprint density at radius 3 is 1.38 bits per heavy atom. The van der Waals surface area contributed by atoms with Crippen LogP contribution in [0.2, 0.25) is 0 Å². The largest absolute Gasteiger partial charge is 0.417 e. The van der Waals surface area contributed by atoms with E-state index in [0.29, 0.717) is 40.0 Å². The predicted octanol–water partition coefficient (Wildman–Crippen LogP) is 10.9. The molecule has 0 aliphatic heterocycles. The number of nitrogens with zero attached hydrogens (tertiary/aromatic N) is 4. The van der Waals surface area contributed by atoms with Crippen LogP contribution in [0.25, 0.3) is 54.2 Å². The zero-order valence-electron chi connectivity index (χ0n) is 25.0. The van der Waals surface area contributed by atoms with Crippen LogP contribution in [-0.4, -0.2) is 0 Å². The Kier molecular flexibility index (Phi) is 7.35. The first-order valence-corrected chi connectivity index (χ1v) is 14.2. The molecule has 0 amide bonds. The minimum Gasteiger partial charge on any atom is -0.226 e. The summed E-state index contributed by atoms with van der Waals surface area (Å²) in [5, 5.41) is 20.1. The molecule has 10 heteroatoms. The van der Waals surface area contributed by atoms with Crippen LogP contribution in [0.15, 0.2) is 84.2 Å². The molecule has 4 aromatic carbocycles. The summed E-state index contributed by atoms with van der Waals surface area (Å²) in [7, 11) is 0. The van der Waals surface area contributed by atoms with Gasteiger partial charge in [0.2, 0.25) is 0 Å². The molecule has 0 bridgehead atoms. The second-order valence-electron chi connectivity index (χ2n) is 11.2. The average Bonchev–Trinajstić information content (AvgIpc) is 3.55. The van der Waals surface area contributed by atoms with Crippen LogP contribution in [0.5, 0.6) is 0 Å². The number of hydrogen-bond acceptors (Lipinski definition) is 2. The number of rotatable bonds is 2. The van der Waals surface area contributed by atoms with Gasteiger partial charge in [-0.3, -0.25) is 0 Å². The minimum absolute atomic E-state index is 0.107. The van der Waals surface area contributed by atoms with E-state index in [1.165, 1.54) is 18.2 Å². The van der Waals surface area contributed by atoms with Crippen molar-refractivity contribution in [1.82, 2.24) is 0 Å². The summed E-state index contributed by atoms with van der Waals surface area (Å²) in [6, 6.07) is 21.3. The summed E-state index contributed by atoms with van der Waals surface area (Å²) < 4.78 is 81.7. The summed E-state index contributed by atoms with van der Waals surface area (Å²) in [6.07, 6.45) is -10.5. The zero-order chi connectivity index (χ0) is 34.7. The number of hydrogen-bond donors (Lipinski definition) is 0. The molecule has 0 heterocycles. The Balaban J connectivity index is 1.60. The Labute approximate surface area is 271 Å². The van der Waals surface area contributed by atoms with Crippen LogP contribution in [0, 0.1) is 49.7 Å². The standard InChI is InChI=1S/C38H18F6N4/c1-19-5-6-21(13-20(19)2)22-7-10-25-27(14-22)33(31(17-45)47-3)36-26-11-8-23(15-28(26)34(35(25)36)32(18-46)48-4)24-9-12-29(37(39,40)41)30(16-24)38(42,43)44/h5-16H,1-2H3/b33-31+,34-32-. The lowest BCUT2D eigenvalue weighted by atomic mass is 9.87. The molecule has 0 saturated carbocycles. The van der Waals surface area contributed by atoms with Crippen LogP contribution in [-0.2, 0) is 12.4 Å². The van der Waals surface area contributed by atoms with E-state index in [1.807, 2.05) is 56.3 Å². The van der Waals surface area contributed by atoms with E-state index >= 15 is 0 Å². The summed E-state index contributed by atoms with van der Waals surface area (Å²) in [4.78, 5) is 6.90. The van der Waals surface area contributed by atoms with Crippen molar-refractivity contribution in [3.63, 3.8) is 0 Å². The first-order chi connectivity index (χ1) is 22.7. The lowest BCUT2D eigenvalue weighted by Crippen LogP contribution is -2.16. The lowest BCUT2D eigenvalue weighted by Gasteiger charge is -2.18. The Morgan fingerprint density at radius 1 is 0.542 bits per heavy atom. The third kappa shape index (κ3) is 4.92. The molecule has 4 aromatic rings. The highest BCUT2D eigenvalue weighted by atomic mass is 19.4. The van der Waals surface area contributed by atoms with Gasteiger partial charge in [-0.1, -0.05) is 48.5 Å². The Morgan fingerprint density at radius 2 is 0.958 bits per heavy atom. The van der Waals surface area contributed by atoms with E-state index in [0.717, 1.165) is 28.3 Å². The van der Waals surface area contributed by atoms with Gasteiger partial charge < -0.3 is 0 Å². The van der Waals surface area contributed by atoms with Crippen molar-refractivity contribution in [2.45, 2.75) is 26.2 Å². The van der Waals surface area contributed by atoms with Gasteiger partial charge in [-0.05, 0) is 105 Å². The van der Waals surface area contributed by atoms with Crippen molar-refractivity contribution in [2.75, 3.05) is 0 Å². The molecule has 0 aromatic heterocycles. The maximum atomic E-state index is 13.8. The van der Waals surface area contributed by atoms with Gasteiger partial charge in [0.05, 0.1) is 36.4 Å². The highest BCUT2D eigenvalue weighted by molar-refractivity contribution is 6.37. The van der Waals surface area contributed by atoms with E-state index in [2.05, 4.69) is 9.69 Å². The summed E-state index contributed by atoms with van der Waals surface area (Å²) >= 11 is 0. The zero-order valence-corrected chi connectivity index (χ0v) is 25.0. The van der Waals surface area contributed by atoms with Crippen molar-refractivity contribution in [3.05, 3.63) is 152 Å². The lowest BCUT2D eigenvalue weighted by molar-refractivity contribution is -0.162. The fourth-order valence-corrected chi connectivity index (χ4v) is 6.25. The van der Waals surface area contributed by atoms with E-state index in [9.17, 15) is 36.9 Å². The second-order valence-corrected chi connectivity index (χ2v) is 11.2. The Bertz CT molecular complexity index is 2340. The van der Waals surface area contributed by atoms with Gasteiger partial charge in [0.25, 0.3) is 11.4 Å². The molecular weight excluding hydrogens is 626 g/mol. The van der Waals surface area contributed by atoms with Gasteiger partial charge in [-0.2, -0.15) is 26.3 Å². The normalized spacial score (nSPS) is 15.4. The molecule has 2 aliphatic carbocycles. The Hall–Kier alpha value is -6.36. The van der Waals surface area contributed by atoms with Crippen LogP contribution in [0.3, 0.4) is 0 Å². The molecule has 0 N–H and O–H groups in total. The summed E-state index contributed by atoms with van der Waals surface area (Å²) in [6.45, 7) is 19.5. The number of nitriles is 2. The molecule has 0 saturated heterocycles. The molecule has 0 radical (unpaired) electrons. The fraction of sp³-hybridized carbons (Fsp3) is 0.105. The molecule has 2 aliphatic rings. The van der Waals surface area contributed by atoms with Crippen molar-refractivity contribution in [1.29, 1.82) is 10.5 Å². The van der Waals surface area contributed by atoms with Gasteiger partial charge in [0.15, 0.2) is 0 Å². The monoisotopic (exact) mass is 644 g/mol. The quantitative estimate of drug-likeness (QED) is 0.124. The molecule has 232 valence electrons. The van der Waals surface area contributed by atoms with Crippen molar-refractivity contribution < 1.29 is 26.3 Å². The van der Waals surface area contributed by atoms with Crippen LogP contribution in [0.4, 0.5) is 26.3 Å². The summed E-state index contributed by atoms with van der Waals surface area (Å²) in [5.74, 6) is 0. The third-order valence-corrected chi connectivity index (χ3v) is 8.58. The van der Waals surface area contributed by atoms with Gasteiger partial charge >= 0.3 is 12.4 Å². The van der Waals surface area contributed by atoms with Crippen molar-refractivity contribution in [3.8, 4) is 34.4 Å². The molecule has 48 heavy (non-hydrogen) atoms. The number of benzene rings is 4. The molecule has 0 unspecified atom stereocenters. The maximum absolute atomic E-state index is 13.8. The van der Waals surface area contributed by atoms with Crippen LogP contribution in [0.1, 0.15) is 44.5 Å². The fourth-order valence-electron chi connectivity index (χ4n) is 6.25. The SMILES string of the molecule is [C-]#[N+]/C(C#N)=C1C2=C(/C(=C(\C#N)[N+]#[C-])c3cc(-c4ccc(C)c(C)c4)ccc32)c2ccc(-c3ccc(C(F)(F)F)c(C(F)(F)F)c3)cc2\1. The third-order valence-electron chi connectivity index (χ3n) is 8.58. The van der Waals surface area contributed by atoms with Crippen molar-refractivity contribution in [2.24, 2.45) is 0 Å². The summed E-state index contributed by atoms with van der Waals surface area (Å²) in [5.41, 5.74) is 2.55. The topological polar surface area (TPSA) is 56.3 Å². The van der Waals surface area contributed by atoms with Gasteiger partial charge in [-0.15, -0.1) is 0 Å². The number of aryl methyl sites for hydroxylation is 2. The predicted molar refractivity (Wildman–Crippen MR) is 168 cm³/mol. The molecule has 6 rings (SSSR count). The highest BCUT2D eigenvalue weighted by Crippen LogP contribution is 2.60. The minimum atomic E-state index is -5.30. The molecular formula is C38H18F6N4. The first kappa shape index (κ1) is 31.6. The van der Waals surface area contributed by atoms with E-state index < -0.39 is 23.5 Å².